The molecule has 0 radical (unpaired) electrons. The molecule has 0 fully saturated rings. The number of ether oxygens (including phenoxy) is 2. The summed E-state index contributed by atoms with van der Waals surface area (Å²) in [6.45, 7) is 6.53. The quantitative estimate of drug-likeness (QED) is 0.214. The van der Waals surface area contributed by atoms with Crippen molar-refractivity contribution in [1.82, 2.24) is 5.32 Å². The van der Waals surface area contributed by atoms with Crippen LogP contribution in [0, 0.1) is 6.92 Å². The van der Waals surface area contributed by atoms with Gasteiger partial charge in [-0.1, -0.05) is 31.2 Å². The van der Waals surface area contributed by atoms with E-state index in [-0.39, 0.29) is 11.5 Å². The molecule has 6 heteroatoms. The van der Waals surface area contributed by atoms with Gasteiger partial charge in [0.2, 0.25) is 5.78 Å². The topological polar surface area (TPSA) is 67.8 Å². The molecule has 0 aliphatic rings. The molecule has 0 unspecified atom stereocenters. The van der Waals surface area contributed by atoms with Crippen LogP contribution >= 0.6 is 11.3 Å². The van der Waals surface area contributed by atoms with Gasteiger partial charge in [-0.15, -0.1) is 11.3 Å². The number of nitrogens with one attached hydrogen (secondary N) is 1. The van der Waals surface area contributed by atoms with Crippen LogP contribution in [0.3, 0.4) is 0 Å². The van der Waals surface area contributed by atoms with E-state index in [1.807, 2.05) is 55.5 Å². The lowest BCUT2D eigenvalue weighted by Crippen LogP contribution is -2.16. The average Bonchev–Trinajstić information content (AvgIpc) is 3.17. The first-order valence-electron chi connectivity index (χ1n) is 11.0. The van der Waals surface area contributed by atoms with Crippen LogP contribution in [-0.2, 0) is 0 Å². The predicted molar refractivity (Wildman–Crippen MR) is 133 cm³/mol. The fourth-order valence-corrected chi connectivity index (χ4v) is 4.67. The molecule has 0 bridgehead atoms. The van der Waals surface area contributed by atoms with E-state index in [4.69, 9.17) is 9.47 Å². The minimum Gasteiger partial charge on any atom is -0.508 e. The second-order valence-electron chi connectivity index (χ2n) is 7.71. The molecule has 0 spiro atoms. The molecule has 4 rings (SSSR count). The Balaban J connectivity index is 1.60. The summed E-state index contributed by atoms with van der Waals surface area (Å²) in [4.78, 5) is 13.9. The van der Waals surface area contributed by atoms with Gasteiger partial charge in [-0.05, 0) is 74.5 Å². The van der Waals surface area contributed by atoms with Gasteiger partial charge in [0.15, 0.2) is 5.75 Å². The van der Waals surface area contributed by atoms with Gasteiger partial charge < -0.3 is 19.9 Å². The van der Waals surface area contributed by atoms with Gasteiger partial charge in [-0.3, -0.25) is 4.79 Å². The molecule has 1 aromatic heterocycles. The number of benzene rings is 3. The van der Waals surface area contributed by atoms with Crippen LogP contribution in [0.4, 0.5) is 0 Å². The molecule has 3 aromatic carbocycles. The van der Waals surface area contributed by atoms with E-state index in [0.717, 1.165) is 40.9 Å². The molecule has 0 aliphatic carbocycles. The van der Waals surface area contributed by atoms with Crippen molar-refractivity contribution < 1.29 is 19.4 Å². The first-order chi connectivity index (χ1) is 16.1. The number of hydrogen-bond donors (Lipinski definition) is 2. The average molecular weight is 462 g/mol. The molecule has 2 N–H and O–H groups in total. The monoisotopic (exact) mass is 461 g/mol. The molecule has 0 saturated carbocycles. The number of ketones is 1. The zero-order chi connectivity index (χ0) is 23.2. The second kappa shape index (κ2) is 10.5. The standard InChI is InChI=1S/C27H27NO4S/c1-3-28-15-6-16-31-20-10-12-21(13-11-20)32-26-23-14-9-19(29)17-24(23)33-27(26)25(30)22-8-5-4-7-18(22)2/h4-5,7-14,17,28-29H,3,6,15-16H2,1-2H3. The highest BCUT2D eigenvalue weighted by Gasteiger charge is 2.23. The van der Waals surface area contributed by atoms with Crippen molar-refractivity contribution >= 4 is 27.2 Å². The smallest absolute Gasteiger partial charge is 0.207 e. The number of carbonyl (C=O) groups excluding carboxylic acids is 1. The number of rotatable bonds is 10. The van der Waals surface area contributed by atoms with E-state index < -0.39 is 0 Å². The van der Waals surface area contributed by atoms with E-state index in [0.29, 0.717) is 28.5 Å². The van der Waals surface area contributed by atoms with Gasteiger partial charge in [-0.2, -0.15) is 0 Å². The van der Waals surface area contributed by atoms with Crippen molar-refractivity contribution in [1.29, 1.82) is 0 Å². The fraction of sp³-hybridized carbons (Fsp3) is 0.222. The molecule has 1 heterocycles. The summed E-state index contributed by atoms with van der Waals surface area (Å²) >= 11 is 1.32. The van der Waals surface area contributed by atoms with Crippen LogP contribution in [-0.4, -0.2) is 30.6 Å². The van der Waals surface area contributed by atoms with Gasteiger partial charge in [0.25, 0.3) is 0 Å². The molecule has 170 valence electrons. The Morgan fingerprint density at radius 3 is 2.55 bits per heavy atom. The van der Waals surface area contributed by atoms with Crippen molar-refractivity contribution in [2.45, 2.75) is 20.3 Å². The fourth-order valence-electron chi connectivity index (χ4n) is 3.55. The summed E-state index contributed by atoms with van der Waals surface area (Å²) in [7, 11) is 0. The van der Waals surface area contributed by atoms with Gasteiger partial charge >= 0.3 is 0 Å². The van der Waals surface area contributed by atoms with Crippen LogP contribution in [0.15, 0.2) is 66.7 Å². The van der Waals surface area contributed by atoms with Crippen LogP contribution in [0.25, 0.3) is 10.1 Å². The number of thiophene rings is 1. The number of fused-ring (bicyclic) bond motifs is 1. The van der Waals surface area contributed by atoms with E-state index in [1.165, 1.54) is 11.3 Å². The van der Waals surface area contributed by atoms with Crippen molar-refractivity contribution in [3.05, 3.63) is 82.7 Å². The summed E-state index contributed by atoms with van der Waals surface area (Å²) in [5, 5.41) is 14.0. The molecular formula is C27H27NO4S. The number of carbonyl (C=O) groups is 1. The summed E-state index contributed by atoms with van der Waals surface area (Å²) in [5.41, 5.74) is 1.55. The third kappa shape index (κ3) is 5.35. The molecule has 0 atom stereocenters. The number of phenols is 1. The van der Waals surface area contributed by atoms with Gasteiger partial charge in [0.05, 0.1) is 6.61 Å². The Kier molecular flexibility index (Phi) is 7.27. The normalized spacial score (nSPS) is 11.0. The van der Waals surface area contributed by atoms with Crippen LogP contribution in [0.5, 0.6) is 23.0 Å². The summed E-state index contributed by atoms with van der Waals surface area (Å²) in [6.07, 6.45) is 0.935. The summed E-state index contributed by atoms with van der Waals surface area (Å²) in [5.74, 6) is 1.95. The third-order valence-electron chi connectivity index (χ3n) is 5.28. The predicted octanol–water partition coefficient (Wildman–Crippen LogP) is 6.32. The maximum absolute atomic E-state index is 13.4. The Morgan fingerprint density at radius 2 is 1.79 bits per heavy atom. The number of aryl methyl sites for hydroxylation is 1. The maximum Gasteiger partial charge on any atom is 0.207 e. The zero-order valence-electron chi connectivity index (χ0n) is 18.8. The van der Waals surface area contributed by atoms with Crippen molar-refractivity contribution in [3.8, 4) is 23.0 Å². The van der Waals surface area contributed by atoms with E-state index >= 15 is 0 Å². The van der Waals surface area contributed by atoms with Crippen LogP contribution in [0.1, 0.15) is 34.1 Å². The lowest BCUT2D eigenvalue weighted by molar-refractivity contribution is 0.104. The number of phenolic OH excluding ortho intramolecular Hbond substituents is 1. The van der Waals surface area contributed by atoms with Gasteiger partial charge in [-0.25, -0.2) is 0 Å². The van der Waals surface area contributed by atoms with Gasteiger partial charge in [0, 0.05) is 15.6 Å². The van der Waals surface area contributed by atoms with Crippen LogP contribution < -0.4 is 14.8 Å². The highest BCUT2D eigenvalue weighted by atomic mass is 32.1. The van der Waals surface area contributed by atoms with Crippen molar-refractivity contribution in [3.63, 3.8) is 0 Å². The van der Waals surface area contributed by atoms with Crippen molar-refractivity contribution in [2.75, 3.05) is 19.7 Å². The Bertz CT molecular complexity index is 1250. The molecule has 5 nitrogen and oxygen atoms in total. The summed E-state index contributed by atoms with van der Waals surface area (Å²) < 4.78 is 12.8. The van der Waals surface area contributed by atoms with E-state index in [9.17, 15) is 9.90 Å². The first-order valence-corrected chi connectivity index (χ1v) is 11.9. The number of hydrogen-bond acceptors (Lipinski definition) is 6. The Hall–Kier alpha value is -3.35. The molecule has 33 heavy (non-hydrogen) atoms. The second-order valence-corrected chi connectivity index (χ2v) is 8.77. The first kappa shape index (κ1) is 22.8. The SMILES string of the molecule is CCNCCCOc1ccc(Oc2c(C(=O)c3ccccc3C)sc3cc(O)ccc23)cc1. The molecule has 0 aliphatic heterocycles. The van der Waals surface area contributed by atoms with Gasteiger partial charge in [0.1, 0.15) is 22.1 Å². The zero-order valence-corrected chi connectivity index (χ0v) is 19.6. The Morgan fingerprint density at radius 1 is 1.03 bits per heavy atom. The van der Waals surface area contributed by atoms with Crippen molar-refractivity contribution in [2.24, 2.45) is 0 Å². The highest BCUT2D eigenvalue weighted by molar-refractivity contribution is 7.21. The van der Waals surface area contributed by atoms with Crippen LogP contribution in [0.2, 0.25) is 0 Å². The summed E-state index contributed by atoms with van der Waals surface area (Å²) in [6, 6.07) is 20.0. The third-order valence-corrected chi connectivity index (χ3v) is 6.42. The minimum absolute atomic E-state index is 0.0931. The molecule has 4 aromatic rings. The highest BCUT2D eigenvalue weighted by Crippen LogP contribution is 2.43. The minimum atomic E-state index is -0.0931. The molecular weight excluding hydrogens is 434 g/mol. The van der Waals surface area contributed by atoms with E-state index in [2.05, 4.69) is 12.2 Å². The lowest BCUT2D eigenvalue weighted by atomic mass is 10.0. The maximum atomic E-state index is 13.4. The molecule has 0 saturated heterocycles. The largest absolute Gasteiger partial charge is 0.508 e. The Labute approximate surface area is 197 Å². The lowest BCUT2D eigenvalue weighted by Gasteiger charge is -2.10. The molecule has 0 amide bonds. The number of aromatic hydroxyl groups is 1. The van der Waals surface area contributed by atoms with E-state index in [1.54, 1.807) is 18.2 Å².